The van der Waals surface area contributed by atoms with E-state index < -0.39 is 24.3 Å². The van der Waals surface area contributed by atoms with Crippen molar-refractivity contribution in [2.45, 2.75) is 6.54 Å². The molecule has 23 heavy (non-hydrogen) atoms. The van der Waals surface area contributed by atoms with Gasteiger partial charge in [0.1, 0.15) is 5.82 Å². The van der Waals surface area contributed by atoms with Crippen molar-refractivity contribution in [3.05, 3.63) is 68.9 Å². The van der Waals surface area contributed by atoms with E-state index in [1.54, 1.807) is 0 Å². The molecule has 7 heteroatoms. The number of amides is 1. The normalized spacial score (nSPS) is 10.2. The third-order valence-corrected chi connectivity index (χ3v) is 3.67. The van der Waals surface area contributed by atoms with Crippen LogP contribution in [-0.4, -0.2) is 18.5 Å². The number of nitrogens with one attached hydrogen (secondary N) is 1. The largest absolute Gasteiger partial charge is 0.452 e. The number of halogens is 3. The highest BCUT2D eigenvalue weighted by atomic mass is 79.9. The van der Waals surface area contributed by atoms with E-state index in [9.17, 15) is 14.0 Å². The quantitative estimate of drug-likeness (QED) is 0.779. The minimum Gasteiger partial charge on any atom is -0.452 e. The fourth-order valence-corrected chi connectivity index (χ4v) is 2.45. The van der Waals surface area contributed by atoms with E-state index in [1.807, 2.05) is 24.3 Å². The molecule has 1 N–H and O–H groups in total. The standard InChI is InChI=1S/C16H12BrClFNO3/c17-11-3-1-2-10(6-11)8-20-15(21)9-23-16(22)13-5-4-12(19)7-14(13)18/h1-7H,8-9H2,(H,20,21). The van der Waals surface area contributed by atoms with E-state index in [1.165, 1.54) is 6.07 Å². The molecule has 0 unspecified atom stereocenters. The average Bonchev–Trinajstić information content (AvgIpc) is 2.50. The van der Waals surface area contributed by atoms with Gasteiger partial charge in [-0.2, -0.15) is 0 Å². The van der Waals surface area contributed by atoms with Crippen molar-refractivity contribution >= 4 is 39.4 Å². The van der Waals surface area contributed by atoms with E-state index >= 15 is 0 Å². The van der Waals surface area contributed by atoms with Crippen LogP contribution in [0.15, 0.2) is 46.9 Å². The van der Waals surface area contributed by atoms with Gasteiger partial charge in [-0.1, -0.05) is 39.7 Å². The summed E-state index contributed by atoms with van der Waals surface area (Å²) in [6.45, 7) is -0.131. The molecule has 0 atom stereocenters. The van der Waals surface area contributed by atoms with Crippen LogP contribution in [0.25, 0.3) is 0 Å². The molecule has 0 aliphatic carbocycles. The van der Waals surface area contributed by atoms with Crippen LogP contribution in [0.4, 0.5) is 4.39 Å². The minimum atomic E-state index is -0.785. The fourth-order valence-electron chi connectivity index (χ4n) is 1.76. The molecule has 0 spiro atoms. The topological polar surface area (TPSA) is 55.4 Å². The lowest BCUT2D eigenvalue weighted by atomic mass is 10.2. The number of esters is 1. The number of carbonyl (C=O) groups is 2. The summed E-state index contributed by atoms with van der Waals surface area (Å²) in [5.41, 5.74) is 0.911. The Morgan fingerprint density at radius 3 is 2.70 bits per heavy atom. The van der Waals surface area contributed by atoms with Crippen molar-refractivity contribution in [1.82, 2.24) is 5.32 Å². The molecule has 0 aliphatic rings. The molecule has 0 fully saturated rings. The van der Waals surface area contributed by atoms with E-state index in [-0.39, 0.29) is 10.6 Å². The summed E-state index contributed by atoms with van der Waals surface area (Å²) in [6, 6.07) is 10.8. The van der Waals surface area contributed by atoms with Crippen molar-refractivity contribution in [2.24, 2.45) is 0 Å². The Bertz CT molecular complexity index is 739. The van der Waals surface area contributed by atoms with Crippen LogP contribution < -0.4 is 5.32 Å². The van der Waals surface area contributed by atoms with Crippen LogP contribution >= 0.6 is 27.5 Å². The number of hydrogen-bond donors (Lipinski definition) is 1. The van der Waals surface area contributed by atoms with Gasteiger partial charge in [0.05, 0.1) is 10.6 Å². The lowest BCUT2D eigenvalue weighted by molar-refractivity contribution is -0.124. The van der Waals surface area contributed by atoms with Gasteiger partial charge in [0.25, 0.3) is 5.91 Å². The first-order valence-electron chi connectivity index (χ1n) is 6.59. The van der Waals surface area contributed by atoms with E-state index in [4.69, 9.17) is 16.3 Å². The number of benzene rings is 2. The number of rotatable bonds is 5. The Balaban J connectivity index is 1.83. The van der Waals surface area contributed by atoms with Gasteiger partial charge in [-0.05, 0) is 35.9 Å². The Kier molecular flexibility index (Phi) is 6.12. The highest BCUT2D eigenvalue weighted by Gasteiger charge is 2.14. The van der Waals surface area contributed by atoms with Gasteiger partial charge in [0, 0.05) is 11.0 Å². The number of ether oxygens (including phenoxy) is 1. The second kappa shape index (κ2) is 8.08. The van der Waals surface area contributed by atoms with Crippen LogP contribution in [0.1, 0.15) is 15.9 Å². The van der Waals surface area contributed by atoms with Gasteiger partial charge in [-0.3, -0.25) is 4.79 Å². The Labute approximate surface area is 145 Å². The van der Waals surface area contributed by atoms with Gasteiger partial charge < -0.3 is 10.1 Å². The molecular weight excluding hydrogens is 389 g/mol. The zero-order chi connectivity index (χ0) is 16.8. The van der Waals surface area contributed by atoms with Crippen LogP contribution in [0.5, 0.6) is 0 Å². The zero-order valence-corrected chi connectivity index (χ0v) is 14.2. The molecular formula is C16H12BrClFNO3. The zero-order valence-electron chi connectivity index (χ0n) is 11.8. The maximum Gasteiger partial charge on any atom is 0.340 e. The molecule has 0 bridgehead atoms. The van der Waals surface area contributed by atoms with Crippen molar-refractivity contribution in [3.8, 4) is 0 Å². The maximum atomic E-state index is 12.9. The molecule has 1 amide bonds. The van der Waals surface area contributed by atoms with Gasteiger partial charge >= 0.3 is 5.97 Å². The van der Waals surface area contributed by atoms with Gasteiger partial charge in [0.2, 0.25) is 0 Å². The second-order valence-corrected chi connectivity index (χ2v) is 5.93. The summed E-state index contributed by atoms with van der Waals surface area (Å²) < 4.78 is 18.7. The SMILES string of the molecule is O=C(COC(=O)c1ccc(F)cc1Cl)NCc1cccc(Br)c1. The van der Waals surface area contributed by atoms with Crippen molar-refractivity contribution < 1.29 is 18.7 Å². The van der Waals surface area contributed by atoms with Gasteiger partial charge in [-0.25, -0.2) is 9.18 Å². The molecule has 120 valence electrons. The molecule has 4 nitrogen and oxygen atoms in total. The predicted octanol–water partition coefficient (Wildman–Crippen LogP) is 3.71. The third-order valence-electron chi connectivity index (χ3n) is 2.86. The minimum absolute atomic E-state index is 0.00727. The van der Waals surface area contributed by atoms with Crippen molar-refractivity contribution in [2.75, 3.05) is 6.61 Å². The van der Waals surface area contributed by atoms with Crippen LogP contribution in [0.2, 0.25) is 5.02 Å². The second-order valence-electron chi connectivity index (χ2n) is 4.61. The fraction of sp³-hybridized carbons (Fsp3) is 0.125. The first-order valence-corrected chi connectivity index (χ1v) is 7.76. The molecule has 2 rings (SSSR count). The first-order chi connectivity index (χ1) is 11.0. The van der Waals surface area contributed by atoms with Crippen molar-refractivity contribution in [1.29, 1.82) is 0 Å². The number of carbonyl (C=O) groups excluding carboxylic acids is 2. The smallest absolute Gasteiger partial charge is 0.340 e. The summed E-state index contributed by atoms with van der Waals surface area (Å²) >= 11 is 9.09. The highest BCUT2D eigenvalue weighted by Crippen LogP contribution is 2.18. The van der Waals surface area contributed by atoms with Gasteiger partial charge in [0.15, 0.2) is 6.61 Å². The average molecular weight is 401 g/mol. The molecule has 0 saturated heterocycles. The van der Waals surface area contributed by atoms with E-state index in [0.29, 0.717) is 6.54 Å². The number of hydrogen-bond acceptors (Lipinski definition) is 3. The summed E-state index contributed by atoms with van der Waals surface area (Å²) in [7, 11) is 0. The monoisotopic (exact) mass is 399 g/mol. The predicted molar refractivity (Wildman–Crippen MR) is 87.7 cm³/mol. The van der Waals surface area contributed by atoms with E-state index in [0.717, 1.165) is 22.2 Å². The summed E-state index contributed by atoms with van der Waals surface area (Å²) in [6.07, 6.45) is 0. The molecule has 2 aromatic rings. The molecule has 0 aromatic heterocycles. The summed E-state index contributed by atoms with van der Waals surface area (Å²) in [5.74, 6) is -1.79. The molecule has 0 heterocycles. The third kappa shape index (κ3) is 5.33. The van der Waals surface area contributed by atoms with E-state index in [2.05, 4.69) is 21.2 Å². The first kappa shape index (κ1) is 17.4. The molecule has 0 radical (unpaired) electrons. The summed E-state index contributed by atoms with van der Waals surface area (Å²) in [4.78, 5) is 23.5. The lowest BCUT2D eigenvalue weighted by Gasteiger charge is -2.08. The molecule has 2 aromatic carbocycles. The van der Waals surface area contributed by atoms with Crippen LogP contribution in [0, 0.1) is 5.82 Å². The van der Waals surface area contributed by atoms with Gasteiger partial charge in [-0.15, -0.1) is 0 Å². The van der Waals surface area contributed by atoms with Crippen molar-refractivity contribution in [3.63, 3.8) is 0 Å². The Hall–Kier alpha value is -1.92. The Morgan fingerprint density at radius 2 is 2.00 bits per heavy atom. The Morgan fingerprint density at radius 1 is 1.22 bits per heavy atom. The van der Waals surface area contributed by atoms with Crippen LogP contribution in [0.3, 0.4) is 0 Å². The molecule has 0 aliphatic heterocycles. The highest BCUT2D eigenvalue weighted by molar-refractivity contribution is 9.10. The molecule has 0 saturated carbocycles. The lowest BCUT2D eigenvalue weighted by Crippen LogP contribution is -2.28. The summed E-state index contributed by atoms with van der Waals surface area (Å²) in [5, 5.41) is 2.56. The van der Waals surface area contributed by atoms with Crippen LogP contribution in [-0.2, 0) is 16.1 Å². The maximum absolute atomic E-state index is 12.9.